The minimum Gasteiger partial charge on any atom is -0.382 e. The number of thiol groups is 1. The van der Waals surface area contributed by atoms with Crippen LogP contribution >= 0.6 is 24.0 Å². The molecular formula is C5H5N3S2. The quantitative estimate of drug-likeness (QED) is 0.620. The SMILES string of the molecule is N#Cc1sc(CS)nc1N. The lowest BCUT2D eigenvalue weighted by Gasteiger charge is -1.78. The predicted molar refractivity (Wildman–Crippen MR) is 43.9 cm³/mol. The van der Waals surface area contributed by atoms with Crippen LogP contribution < -0.4 is 5.73 Å². The number of hydrogen-bond donors (Lipinski definition) is 2. The molecule has 1 rings (SSSR count). The van der Waals surface area contributed by atoms with E-state index in [2.05, 4.69) is 17.6 Å². The van der Waals surface area contributed by atoms with Crippen molar-refractivity contribution < 1.29 is 0 Å². The lowest BCUT2D eigenvalue weighted by molar-refractivity contribution is 1.28. The number of thiazole rings is 1. The van der Waals surface area contributed by atoms with E-state index in [4.69, 9.17) is 11.0 Å². The molecule has 0 aliphatic rings. The Morgan fingerprint density at radius 1 is 1.80 bits per heavy atom. The lowest BCUT2D eigenvalue weighted by Crippen LogP contribution is -1.86. The largest absolute Gasteiger partial charge is 0.382 e. The Labute approximate surface area is 67.9 Å². The maximum atomic E-state index is 8.44. The van der Waals surface area contributed by atoms with Crippen molar-refractivity contribution in [2.24, 2.45) is 0 Å². The van der Waals surface area contributed by atoms with Gasteiger partial charge in [-0.25, -0.2) is 4.98 Å². The fraction of sp³-hybridized carbons (Fsp3) is 0.200. The van der Waals surface area contributed by atoms with Crippen molar-refractivity contribution in [3.63, 3.8) is 0 Å². The number of anilines is 1. The van der Waals surface area contributed by atoms with Gasteiger partial charge in [0, 0.05) is 5.75 Å². The molecule has 0 atom stereocenters. The minimum atomic E-state index is 0.316. The lowest BCUT2D eigenvalue weighted by atomic mass is 10.5. The second-order valence-electron chi connectivity index (χ2n) is 1.59. The van der Waals surface area contributed by atoms with Crippen LogP contribution in [0.2, 0.25) is 0 Å². The molecule has 5 heteroatoms. The number of nitriles is 1. The minimum absolute atomic E-state index is 0.316. The first-order chi connectivity index (χ1) is 4.77. The van der Waals surface area contributed by atoms with E-state index in [1.54, 1.807) is 0 Å². The van der Waals surface area contributed by atoms with E-state index >= 15 is 0 Å². The molecule has 0 amide bonds. The number of rotatable bonds is 1. The normalized spacial score (nSPS) is 9.20. The molecule has 1 aromatic heterocycles. The highest BCUT2D eigenvalue weighted by Crippen LogP contribution is 2.19. The monoisotopic (exact) mass is 171 g/mol. The molecular weight excluding hydrogens is 166 g/mol. The molecule has 0 fully saturated rings. The summed E-state index contributed by atoms with van der Waals surface area (Å²) >= 11 is 5.28. The summed E-state index contributed by atoms with van der Waals surface area (Å²) in [7, 11) is 0. The maximum Gasteiger partial charge on any atom is 0.152 e. The maximum absolute atomic E-state index is 8.44. The molecule has 10 heavy (non-hydrogen) atoms. The molecule has 0 saturated heterocycles. The Morgan fingerprint density at radius 2 is 2.50 bits per heavy atom. The molecule has 0 spiro atoms. The molecule has 3 nitrogen and oxygen atoms in total. The van der Waals surface area contributed by atoms with Gasteiger partial charge in [0.1, 0.15) is 16.0 Å². The predicted octanol–water partition coefficient (Wildman–Crippen LogP) is 1.03. The second-order valence-corrected chi connectivity index (χ2v) is 2.99. The molecule has 1 aromatic rings. The average molecular weight is 171 g/mol. The topological polar surface area (TPSA) is 62.7 Å². The van der Waals surface area contributed by atoms with Gasteiger partial charge in [-0.05, 0) is 0 Å². The van der Waals surface area contributed by atoms with Crippen LogP contribution in [0.4, 0.5) is 5.82 Å². The van der Waals surface area contributed by atoms with Crippen molar-refractivity contribution >= 4 is 29.8 Å². The zero-order valence-electron chi connectivity index (χ0n) is 5.03. The van der Waals surface area contributed by atoms with Gasteiger partial charge in [-0.2, -0.15) is 17.9 Å². The Balaban J connectivity index is 3.07. The highest BCUT2D eigenvalue weighted by molar-refractivity contribution is 7.79. The molecule has 52 valence electrons. The molecule has 1 heterocycles. The fourth-order valence-electron chi connectivity index (χ4n) is 0.526. The van der Waals surface area contributed by atoms with E-state index in [1.807, 2.05) is 6.07 Å². The van der Waals surface area contributed by atoms with Crippen LogP contribution in [0, 0.1) is 11.3 Å². The average Bonchev–Trinajstić information content (AvgIpc) is 2.30. The van der Waals surface area contributed by atoms with Gasteiger partial charge < -0.3 is 5.73 Å². The van der Waals surface area contributed by atoms with E-state index < -0.39 is 0 Å². The van der Waals surface area contributed by atoms with E-state index in [9.17, 15) is 0 Å². The van der Waals surface area contributed by atoms with Gasteiger partial charge in [0.2, 0.25) is 0 Å². The second kappa shape index (κ2) is 2.90. The summed E-state index contributed by atoms with van der Waals surface area (Å²) in [5.41, 5.74) is 5.37. The molecule has 2 N–H and O–H groups in total. The van der Waals surface area contributed by atoms with Gasteiger partial charge in [0.15, 0.2) is 5.82 Å². The Kier molecular flexibility index (Phi) is 2.14. The van der Waals surface area contributed by atoms with Crippen LogP contribution in [-0.4, -0.2) is 4.98 Å². The van der Waals surface area contributed by atoms with Crippen LogP contribution in [0.1, 0.15) is 9.88 Å². The summed E-state index contributed by atoms with van der Waals surface area (Å²) < 4.78 is 0. The van der Waals surface area contributed by atoms with Gasteiger partial charge in [-0.1, -0.05) is 0 Å². The van der Waals surface area contributed by atoms with Gasteiger partial charge in [-0.15, -0.1) is 11.3 Å². The van der Waals surface area contributed by atoms with Gasteiger partial charge >= 0.3 is 0 Å². The molecule has 0 radical (unpaired) electrons. The van der Waals surface area contributed by atoms with Gasteiger partial charge in [-0.3, -0.25) is 0 Å². The summed E-state index contributed by atoms with van der Waals surface area (Å²) in [5.74, 6) is 0.854. The highest BCUT2D eigenvalue weighted by atomic mass is 32.1. The summed E-state index contributed by atoms with van der Waals surface area (Å²) in [5, 5.41) is 9.23. The molecule has 0 unspecified atom stereocenters. The van der Waals surface area contributed by atoms with Crippen LogP contribution in [0.15, 0.2) is 0 Å². The standard InChI is InChI=1S/C5H5N3S2/c6-1-3-5(7)8-4(2-9)10-3/h9H,2,7H2. The van der Waals surface area contributed by atoms with Crippen molar-refractivity contribution in [2.75, 3.05) is 5.73 Å². The van der Waals surface area contributed by atoms with E-state index in [0.29, 0.717) is 16.4 Å². The van der Waals surface area contributed by atoms with Gasteiger partial charge in [0.25, 0.3) is 0 Å². The fourth-order valence-corrected chi connectivity index (χ4v) is 1.43. The van der Waals surface area contributed by atoms with Crippen molar-refractivity contribution in [1.29, 1.82) is 5.26 Å². The summed E-state index contributed by atoms with van der Waals surface area (Å²) in [4.78, 5) is 4.37. The summed E-state index contributed by atoms with van der Waals surface area (Å²) in [6.07, 6.45) is 0. The first-order valence-corrected chi connectivity index (χ1v) is 3.99. The van der Waals surface area contributed by atoms with Crippen molar-refractivity contribution in [3.8, 4) is 6.07 Å². The van der Waals surface area contributed by atoms with Crippen LogP contribution in [0.5, 0.6) is 0 Å². The highest BCUT2D eigenvalue weighted by Gasteiger charge is 2.04. The third-order valence-electron chi connectivity index (χ3n) is 0.934. The Hall–Kier alpha value is -0.730. The first-order valence-electron chi connectivity index (χ1n) is 2.54. The molecule has 0 bridgehead atoms. The zero-order valence-corrected chi connectivity index (χ0v) is 6.75. The van der Waals surface area contributed by atoms with E-state index in [0.717, 1.165) is 5.01 Å². The first kappa shape index (κ1) is 7.38. The number of aromatic nitrogens is 1. The third kappa shape index (κ3) is 1.23. The van der Waals surface area contributed by atoms with Crippen LogP contribution in [0.25, 0.3) is 0 Å². The smallest absolute Gasteiger partial charge is 0.152 e. The zero-order chi connectivity index (χ0) is 7.56. The number of hydrogen-bond acceptors (Lipinski definition) is 5. The molecule has 0 aliphatic carbocycles. The summed E-state index contributed by atoms with van der Waals surface area (Å²) in [6, 6.07) is 1.95. The third-order valence-corrected chi connectivity index (χ3v) is 2.42. The van der Waals surface area contributed by atoms with Crippen molar-refractivity contribution in [2.45, 2.75) is 5.75 Å². The van der Waals surface area contributed by atoms with Crippen LogP contribution in [0.3, 0.4) is 0 Å². The molecule has 0 aliphatic heterocycles. The van der Waals surface area contributed by atoms with Crippen molar-refractivity contribution in [3.05, 3.63) is 9.88 Å². The van der Waals surface area contributed by atoms with Gasteiger partial charge in [0.05, 0.1) is 0 Å². The number of nitrogens with two attached hydrogens (primary N) is 1. The summed E-state index contributed by atoms with van der Waals surface area (Å²) in [6.45, 7) is 0. The molecule has 0 saturated carbocycles. The van der Waals surface area contributed by atoms with Crippen molar-refractivity contribution in [1.82, 2.24) is 4.98 Å². The molecule has 0 aromatic carbocycles. The Morgan fingerprint density at radius 3 is 2.80 bits per heavy atom. The van der Waals surface area contributed by atoms with E-state index in [-0.39, 0.29) is 0 Å². The number of nitrogen functional groups attached to an aromatic ring is 1. The Bertz CT molecular complexity index is 273. The van der Waals surface area contributed by atoms with Crippen LogP contribution in [-0.2, 0) is 5.75 Å². The number of nitrogens with zero attached hydrogens (tertiary/aromatic N) is 2. The van der Waals surface area contributed by atoms with E-state index in [1.165, 1.54) is 11.3 Å².